The van der Waals surface area contributed by atoms with Gasteiger partial charge in [-0.25, -0.2) is 4.39 Å². The van der Waals surface area contributed by atoms with Gasteiger partial charge < -0.3 is 15.2 Å². The van der Waals surface area contributed by atoms with E-state index in [1.54, 1.807) is 6.07 Å². The van der Waals surface area contributed by atoms with Crippen LogP contribution in [0.3, 0.4) is 0 Å². The average molecular weight is 413 g/mol. The van der Waals surface area contributed by atoms with Crippen molar-refractivity contribution in [3.05, 3.63) is 34.9 Å². The van der Waals surface area contributed by atoms with Gasteiger partial charge in [0.15, 0.2) is 5.82 Å². The summed E-state index contributed by atoms with van der Waals surface area (Å²) in [7, 11) is 0. The van der Waals surface area contributed by atoms with Crippen LogP contribution in [-0.4, -0.2) is 58.2 Å². The van der Waals surface area contributed by atoms with E-state index in [1.807, 2.05) is 19.1 Å². The number of hydrogen-bond acceptors (Lipinski definition) is 6. The molecule has 1 atom stereocenters. The first-order chi connectivity index (χ1) is 14.6. The van der Waals surface area contributed by atoms with E-state index in [4.69, 9.17) is 4.74 Å². The number of halogens is 1. The van der Waals surface area contributed by atoms with Crippen molar-refractivity contribution in [2.45, 2.75) is 57.3 Å². The van der Waals surface area contributed by atoms with E-state index in [0.717, 1.165) is 79.0 Å². The number of rotatable bonds is 5. The number of fused-ring (bicyclic) bond motifs is 1. The van der Waals surface area contributed by atoms with Gasteiger partial charge in [-0.2, -0.15) is 0 Å². The lowest BCUT2D eigenvalue weighted by Gasteiger charge is -2.34. The van der Waals surface area contributed by atoms with Crippen LogP contribution in [0.1, 0.15) is 42.4 Å². The fourth-order valence-electron chi connectivity index (χ4n) is 4.78. The predicted octanol–water partition coefficient (Wildman–Crippen LogP) is 3.61. The molecule has 0 amide bonds. The maximum absolute atomic E-state index is 12.8. The molecule has 3 aliphatic rings. The van der Waals surface area contributed by atoms with Crippen LogP contribution in [0.4, 0.5) is 10.2 Å². The number of likely N-dealkylation sites (tertiary alicyclic amines) is 1. The molecule has 1 aromatic carbocycles. The summed E-state index contributed by atoms with van der Waals surface area (Å²) in [5, 5.41) is 23.2. The Kier molecular flexibility index (Phi) is 5.11. The van der Waals surface area contributed by atoms with Gasteiger partial charge in [0.1, 0.15) is 18.1 Å². The van der Waals surface area contributed by atoms with Crippen LogP contribution in [0.5, 0.6) is 5.75 Å². The number of ether oxygens (including phenoxy) is 1. The third kappa shape index (κ3) is 3.76. The minimum absolute atomic E-state index is 0.0644. The fourth-order valence-corrected chi connectivity index (χ4v) is 4.78. The highest BCUT2D eigenvalue weighted by Gasteiger charge is 2.48. The van der Waals surface area contributed by atoms with Crippen molar-refractivity contribution in [1.29, 1.82) is 0 Å². The summed E-state index contributed by atoms with van der Waals surface area (Å²) in [4.78, 5) is 2.16. The summed E-state index contributed by atoms with van der Waals surface area (Å²) in [6.07, 6.45) is 5.01. The van der Waals surface area contributed by atoms with E-state index in [1.165, 1.54) is 0 Å². The number of phenolic OH excluding ortho intramolecular Hbond substituents is 1. The zero-order valence-electron chi connectivity index (χ0n) is 17.5. The molecule has 3 heterocycles. The van der Waals surface area contributed by atoms with Crippen molar-refractivity contribution < 1.29 is 14.2 Å². The number of nitrogens with zero attached hydrogens (tertiary/aromatic N) is 3. The van der Waals surface area contributed by atoms with E-state index >= 15 is 0 Å². The zero-order valence-corrected chi connectivity index (χ0v) is 17.5. The number of hydrogen-bond donors (Lipinski definition) is 2. The van der Waals surface area contributed by atoms with Crippen molar-refractivity contribution in [2.75, 3.05) is 31.6 Å². The Hall–Kier alpha value is -2.25. The van der Waals surface area contributed by atoms with Crippen LogP contribution < -0.4 is 5.32 Å². The number of anilines is 1. The Bertz CT molecular complexity index is 945. The van der Waals surface area contributed by atoms with Gasteiger partial charge in [0.2, 0.25) is 0 Å². The molecular formula is C23H29FN4O2. The van der Waals surface area contributed by atoms with Crippen LogP contribution in [-0.2, 0) is 17.8 Å². The van der Waals surface area contributed by atoms with E-state index < -0.39 is 0 Å². The molecule has 2 aliphatic heterocycles. The first-order valence-electron chi connectivity index (χ1n) is 10.9. The molecule has 1 spiro atoms. The SMILES string of the molecule is Cc1ccc(-c2nnc(N[C@H]3CCCN(CCF)C3)c3c2CC2(CC2)OC3)c(O)c1. The number of alkyl halides is 1. The Morgan fingerprint density at radius 2 is 2.17 bits per heavy atom. The summed E-state index contributed by atoms with van der Waals surface area (Å²) in [6.45, 7) is 4.40. The Morgan fingerprint density at radius 3 is 2.93 bits per heavy atom. The second-order valence-corrected chi connectivity index (χ2v) is 9.00. The molecule has 160 valence electrons. The molecule has 2 fully saturated rings. The van der Waals surface area contributed by atoms with Gasteiger partial charge in [-0.15, -0.1) is 10.2 Å². The highest BCUT2D eigenvalue weighted by atomic mass is 19.1. The highest BCUT2D eigenvalue weighted by molar-refractivity contribution is 5.73. The van der Waals surface area contributed by atoms with Gasteiger partial charge in [-0.3, -0.25) is 4.90 Å². The smallest absolute Gasteiger partial charge is 0.154 e. The van der Waals surface area contributed by atoms with Crippen LogP contribution >= 0.6 is 0 Å². The summed E-state index contributed by atoms with van der Waals surface area (Å²) in [6, 6.07) is 5.90. The fraction of sp³-hybridized carbons (Fsp3) is 0.565. The molecule has 2 N–H and O–H groups in total. The minimum atomic E-state index is -0.313. The molecule has 1 aromatic heterocycles. The van der Waals surface area contributed by atoms with Crippen molar-refractivity contribution in [1.82, 2.24) is 15.1 Å². The van der Waals surface area contributed by atoms with Gasteiger partial charge in [0.05, 0.1) is 12.2 Å². The maximum atomic E-state index is 12.8. The molecule has 5 rings (SSSR count). The number of aromatic hydroxyl groups is 1. The lowest BCUT2D eigenvalue weighted by molar-refractivity contribution is 0.00830. The Morgan fingerprint density at radius 1 is 1.30 bits per heavy atom. The number of benzene rings is 1. The van der Waals surface area contributed by atoms with Gasteiger partial charge in [0.25, 0.3) is 0 Å². The maximum Gasteiger partial charge on any atom is 0.154 e. The molecule has 0 bridgehead atoms. The predicted molar refractivity (Wildman–Crippen MR) is 113 cm³/mol. The molecule has 7 heteroatoms. The third-order valence-corrected chi connectivity index (χ3v) is 6.67. The number of aromatic nitrogens is 2. The summed E-state index contributed by atoms with van der Waals surface area (Å²) in [5.41, 5.74) is 4.59. The standard InChI is InChI=1S/C23H29FN4O2/c1-15-4-5-17(20(29)11-15)21-18-12-23(6-7-23)30-14-19(18)22(27-26-21)25-16-3-2-9-28(13-16)10-8-24/h4-5,11,16,29H,2-3,6-10,12-14H2,1H3,(H,25,27)/t16-/m0/s1. The van der Waals surface area contributed by atoms with E-state index in [0.29, 0.717) is 13.2 Å². The van der Waals surface area contributed by atoms with Crippen LogP contribution in [0.2, 0.25) is 0 Å². The normalized spacial score (nSPS) is 22.7. The summed E-state index contributed by atoms with van der Waals surface area (Å²) < 4.78 is 19.0. The second-order valence-electron chi connectivity index (χ2n) is 9.00. The molecule has 1 saturated carbocycles. The van der Waals surface area contributed by atoms with Crippen LogP contribution in [0.15, 0.2) is 18.2 Å². The Labute approximate surface area is 176 Å². The highest BCUT2D eigenvalue weighted by Crippen LogP contribution is 2.49. The molecule has 1 saturated heterocycles. The second kappa shape index (κ2) is 7.78. The first-order valence-corrected chi connectivity index (χ1v) is 10.9. The average Bonchev–Trinajstić information content (AvgIpc) is 3.48. The van der Waals surface area contributed by atoms with Crippen molar-refractivity contribution in [3.63, 3.8) is 0 Å². The van der Waals surface area contributed by atoms with E-state index in [9.17, 15) is 9.50 Å². The van der Waals surface area contributed by atoms with E-state index in [-0.39, 0.29) is 24.1 Å². The molecule has 0 unspecified atom stereocenters. The number of piperidine rings is 1. The van der Waals surface area contributed by atoms with Gasteiger partial charge in [-0.05, 0) is 62.4 Å². The van der Waals surface area contributed by atoms with Gasteiger partial charge in [0, 0.05) is 36.7 Å². The summed E-state index contributed by atoms with van der Waals surface area (Å²) >= 11 is 0. The monoisotopic (exact) mass is 412 g/mol. The molecule has 2 aromatic rings. The largest absolute Gasteiger partial charge is 0.507 e. The molecule has 1 aliphatic carbocycles. The summed E-state index contributed by atoms with van der Waals surface area (Å²) in [5.74, 6) is 1.00. The van der Waals surface area contributed by atoms with Crippen molar-refractivity contribution >= 4 is 5.82 Å². The topological polar surface area (TPSA) is 70.5 Å². The zero-order chi connectivity index (χ0) is 20.7. The van der Waals surface area contributed by atoms with Crippen molar-refractivity contribution in [2.24, 2.45) is 0 Å². The molecule has 30 heavy (non-hydrogen) atoms. The quantitative estimate of drug-likeness (QED) is 0.782. The molecule has 6 nitrogen and oxygen atoms in total. The number of phenols is 1. The third-order valence-electron chi connectivity index (χ3n) is 6.67. The lowest BCUT2D eigenvalue weighted by Crippen LogP contribution is -2.43. The van der Waals surface area contributed by atoms with E-state index in [2.05, 4.69) is 20.4 Å². The van der Waals surface area contributed by atoms with Gasteiger partial charge in [-0.1, -0.05) is 6.07 Å². The number of nitrogens with one attached hydrogen (secondary N) is 1. The molecular weight excluding hydrogens is 383 g/mol. The van der Waals surface area contributed by atoms with Crippen molar-refractivity contribution in [3.8, 4) is 17.0 Å². The van der Waals surface area contributed by atoms with Crippen LogP contribution in [0, 0.1) is 6.92 Å². The first kappa shape index (κ1) is 19.7. The molecule has 0 radical (unpaired) electrons. The minimum Gasteiger partial charge on any atom is -0.507 e. The van der Waals surface area contributed by atoms with Crippen LogP contribution in [0.25, 0.3) is 11.3 Å². The number of aryl methyl sites for hydroxylation is 1. The lowest BCUT2D eigenvalue weighted by atomic mass is 9.93. The van der Waals surface area contributed by atoms with Gasteiger partial charge >= 0.3 is 0 Å². The Balaban J connectivity index is 1.48.